The van der Waals surface area contributed by atoms with Crippen LogP contribution >= 0.6 is 0 Å². The highest BCUT2D eigenvalue weighted by Crippen LogP contribution is 2.25. The van der Waals surface area contributed by atoms with Crippen molar-refractivity contribution >= 4 is 0 Å². The van der Waals surface area contributed by atoms with E-state index in [1.165, 1.54) is 12.8 Å². The summed E-state index contributed by atoms with van der Waals surface area (Å²) in [7, 11) is 2.22. The normalized spacial score (nSPS) is 26.8. The number of nitrogens with one attached hydrogen (secondary N) is 1. The molecule has 1 saturated heterocycles. The molecule has 3 nitrogen and oxygen atoms in total. The van der Waals surface area contributed by atoms with Crippen molar-refractivity contribution in [2.24, 2.45) is 5.41 Å². The second-order valence-corrected chi connectivity index (χ2v) is 6.75. The lowest BCUT2D eigenvalue weighted by atomic mass is 9.87. The number of hydrogen-bond acceptors (Lipinski definition) is 3. The van der Waals surface area contributed by atoms with Crippen LogP contribution in [0.25, 0.3) is 0 Å². The molecule has 18 heavy (non-hydrogen) atoms. The Morgan fingerprint density at radius 1 is 1.28 bits per heavy atom. The van der Waals surface area contributed by atoms with Gasteiger partial charge < -0.3 is 15.0 Å². The van der Waals surface area contributed by atoms with Crippen molar-refractivity contribution in [1.29, 1.82) is 0 Å². The monoisotopic (exact) mass is 256 g/mol. The average molecular weight is 256 g/mol. The highest BCUT2D eigenvalue weighted by atomic mass is 16.5. The first-order valence-corrected chi connectivity index (χ1v) is 7.41. The molecule has 0 aromatic carbocycles. The van der Waals surface area contributed by atoms with Crippen molar-refractivity contribution in [3.05, 3.63) is 0 Å². The molecule has 0 aromatic heterocycles. The van der Waals surface area contributed by atoms with E-state index in [2.05, 4.69) is 51.9 Å². The Labute approximate surface area is 113 Å². The van der Waals surface area contributed by atoms with Crippen LogP contribution in [0.1, 0.15) is 47.5 Å². The Kier molecular flexibility index (Phi) is 6.09. The molecule has 1 aliphatic heterocycles. The number of ether oxygens (including phenoxy) is 1. The fraction of sp³-hybridized carbons (Fsp3) is 1.00. The number of nitrogens with zero attached hydrogens (tertiary/aromatic N) is 1. The van der Waals surface area contributed by atoms with E-state index in [0.717, 1.165) is 19.6 Å². The van der Waals surface area contributed by atoms with E-state index in [9.17, 15) is 0 Å². The van der Waals surface area contributed by atoms with E-state index in [1.54, 1.807) is 0 Å². The highest BCUT2D eigenvalue weighted by molar-refractivity contribution is 4.82. The van der Waals surface area contributed by atoms with Gasteiger partial charge in [-0.25, -0.2) is 0 Å². The van der Waals surface area contributed by atoms with Gasteiger partial charge in [0, 0.05) is 19.1 Å². The Morgan fingerprint density at radius 2 is 1.89 bits per heavy atom. The zero-order chi connectivity index (χ0) is 13.8. The summed E-state index contributed by atoms with van der Waals surface area (Å²) in [6, 6.07) is 0.578. The third-order valence-corrected chi connectivity index (χ3v) is 4.22. The second kappa shape index (κ2) is 6.88. The van der Waals surface area contributed by atoms with Gasteiger partial charge in [0.25, 0.3) is 0 Å². The topological polar surface area (TPSA) is 24.5 Å². The van der Waals surface area contributed by atoms with Crippen LogP contribution in [0, 0.1) is 5.41 Å². The smallest absolute Gasteiger partial charge is 0.0707 e. The fourth-order valence-corrected chi connectivity index (χ4v) is 2.51. The quantitative estimate of drug-likeness (QED) is 0.790. The van der Waals surface area contributed by atoms with Crippen LogP contribution < -0.4 is 5.32 Å². The van der Waals surface area contributed by atoms with Crippen LogP contribution in [0.5, 0.6) is 0 Å². The maximum atomic E-state index is 6.09. The first kappa shape index (κ1) is 15.9. The molecule has 0 spiro atoms. The summed E-state index contributed by atoms with van der Waals surface area (Å²) in [5.41, 5.74) is 0.330. The van der Waals surface area contributed by atoms with Crippen LogP contribution in [0.2, 0.25) is 0 Å². The molecule has 0 amide bonds. The molecule has 0 aliphatic carbocycles. The zero-order valence-electron chi connectivity index (χ0n) is 13.1. The Morgan fingerprint density at radius 3 is 2.44 bits per heavy atom. The van der Waals surface area contributed by atoms with Crippen LogP contribution in [0.15, 0.2) is 0 Å². The van der Waals surface area contributed by atoms with E-state index in [4.69, 9.17) is 4.74 Å². The summed E-state index contributed by atoms with van der Waals surface area (Å²) in [6.07, 6.45) is 3.25. The van der Waals surface area contributed by atoms with Crippen molar-refractivity contribution in [2.45, 2.75) is 65.7 Å². The van der Waals surface area contributed by atoms with Crippen molar-refractivity contribution in [3.8, 4) is 0 Å². The molecule has 108 valence electrons. The molecule has 1 aliphatic rings. The summed E-state index contributed by atoms with van der Waals surface area (Å²) < 4.78 is 6.09. The minimum Gasteiger partial charge on any atom is -0.372 e. The van der Waals surface area contributed by atoms with Crippen LogP contribution in [-0.2, 0) is 4.74 Å². The van der Waals surface area contributed by atoms with Gasteiger partial charge in [0.2, 0.25) is 0 Å². The van der Waals surface area contributed by atoms with Gasteiger partial charge >= 0.3 is 0 Å². The summed E-state index contributed by atoms with van der Waals surface area (Å²) >= 11 is 0. The molecule has 3 atom stereocenters. The van der Waals surface area contributed by atoms with Crippen molar-refractivity contribution in [3.63, 3.8) is 0 Å². The maximum absolute atomic E-state index is 6.09. The predicted molar refractivity (Wildman–Crippen MR) is 78.0 cm³/mol. The molecule has 1 N–H and O–H groups in total. The lowest BCUT2D eigenvalue weighted by molar-refractivity contribution is 0.0112. The van der Waals surface area contributed by atoms with Gasteiger partial charge in [-0.15, -0.1) is 0 Å². The molecule has 0 saturated carbocycles. The van der Waals surface area contributed by atoms with E-state index in [-0.39, 0.29) is 0 Å². The van der Waals surface area contributed by atoms with Gasteiger partial charge in [0.15, 0.2) is 0 Å². The standard InChI is InChI=1S/C15H32N2O/c1-7-16-10-13-8-9-14(18-13)11-17(6)12(2)15(3,4)5/h12-14,16H,7-11H2,1-6H3. The third kappa shape index (κ3) is 4.87. The molecular formula is C15H32N2O. The molecule has 0 bridgehead atoms. The Hall–Kier alpha value is -0.120. The first-order valence-electron chi connectivity index (χ1n) is 7.41. The summed E-state index contributed by atoms with van der Waals surface area (Å²) in [6.45, 7) is 14.5. The molecule has 3 heteroatoms. The van der Waals surface area contributed by atoms with Gasteiger partial charge in [-0.3, -0.25) is 0 Å². The summed E-state index contributed by atoms with van der Waals surface area (Å²) in [5, 5.41) is 3.37. The lowest BCUT2D eigenvalue weighted by Crippen LogP contribution is -2.43. The van der Waals surface area contributed by atoms with Gasteiger partial charge in [-0.05, 0) is 38.8 Å². The molecule has 3 unspecified atom stereocenters. The SMILES string of the molecule is CCNCC1CCC(CN(C)C(C)C(C)(C)C)O1. The largest absolute Gasteiger partial charge is 0.372 e. The van der Waals surface area contributed by atoms with E-state index >= 15 is 0 Å². The summed E-state index contributed by atoms with van der Waals surface area (Å²) in [5.74, 6) is 0. The van der Waals surface area contributed by atoms with Crippen LogP contribution in [0.4, 0.5) is 0 Å². The molecule has 1 fully saturated rings. The van der Waals surface area contributed by atoms with Crippen molar-refractivity contribution in [2.75, 3.05) is 26.7 Å². The lowest BCUT2D eigenvalue weighted by Gasteiger charge is -2.36. The number of rotatable bonds is 6. The van der Waals surface area contributed by atoms with Crippen molar-refractivity contribution < 1.29 is 4.74 Å². The maximum Gasteiger partial charge on any atom is 0.0707 e. The van der Waals surface area contributed by atoms with E-state index in [1.807, 2.05) is 0 Å². The van der Waals surface area contributed by atoms with Crippen LogP contribution in [0.3, 0.4) is 0 Å². The molecule has 1 heterocycles. The number of hydrogen-bond donors (Lipinski definition) is 1. The Bertz CT molecular complexity index is 237. The molecule has 0 radical (unpaired) electrons. The summed E-state index contributed by atoms with van der Waals surface area (Å²) in [4.78, 5) is 2.44. The zero-order valence-corrected chi connectivity index (χ0v) is 13.1. The van der Waals surface area contributed by atoms with Crippen molar-refractivity contribution in [1.82, 2.24) is 10.2 Å². The van der Waals surface area contributed by atoms with Gasteiger partial charge in [0.1, 0.15) is 0 Å². The molecule has 1 rings (SSSR count). The van der Waals surface area contributed by atoms with E-state index in [0.29, 0.717) is 23.7 Å². The third-order valence-electron chi connectivity index (χ3n) is 4.22. The van der Waals surface area contributed by atoms with Gasteiger partial charge in [-0.1, -0.05) is 27.7 Å². The average Bonchev–Trinajstić information content (AvgIpc) is 2.71. The first-order chi connectivity index (χ1) is 8.34. The molecule has 0 aromatic rings. The van der Waals surface area contributed by atoms with Crippen LogP contribution in [-0.4, -0.2) is 49.8 Å². The Balaban J connectivity index is 2.32. The highest BCUT2D eigenvalue weighted by Gasteiger charge is 2.29. The second-order valence-electron chi connectivity index (χ2n) is 6.75. The number of likely N-dealkylation sites (N-methyl/N-ethyl adjacent to an activating group) is 2. The minimum absolute atomic E-state index is 0.330. The van der Waals surface area contributed by atoms with Gasteiger partial charge in [0.05, 0.1) is 12.2 Å². The van der Waals surface area contributed by atoms with Gasteiger partial charge in [-0.2, -0.15) is 0 Å². The minimum atomic E-state index is 0.330. The molecular weight excluding hydrogens is 224 g/mol. The predicted octanol–water partition coefficient (Wildman–Crippen LogP) is 2.51. The fourth-order valence-electron chi connectivity index (χ4n) is 2.51. The van der Waals surface area contributed by atoms with E-state index < -0.39 is 0 Å².